The minimum atomic E-state index is 0.473. The molecule has 0 saturated carbocycles. The zero-order valence-corrected chi connectivity index (χ0v) is 21.3. The van der Waals surface area contributed by atoms with Gasteiger partial charge in [0.25, 0.3) is 0 Å². The van der Waals surface area contributed by atoms with Gasteiger partial charge in [-0.2, -0.15) is 10.4 Å². The summed E-state index contributed by atoms with van der Waals surface area (Å²) >= 11 is 0. The van der Waals surface area contributed by atoms with Gasteiger partial charge in [0, 0.05) is 24.4 Å². The standard InChI is InChI=1S/C31H29N5O/c1-22(2)17-18-37-27-15-13-23(14-16-27)30-25(21-36(34-30)26-9-5-4-6-10-26)19-24(20-32)31-33-28-11-7-8-12-29(28)35(31)3/h4-16,19,21-22H,17-18H2,1-3H3/b24-19-. The normalized spacial score (nSPS) is 11.7. The van der Waals surface area contributed by atoms with Gasteiger partial charge in [0.05, 0.1) is 34.6 Å². The summed E-state index contributed by atoms with van der Waals surface area (Å²) in [5.41, 5.74) is 5.81. The maximum atomic E-state index is 10.1. The summed E-state index contributed by atoms with van der Waals surface area (Å²) in [4.78, 5) is 4.73. The molecule has 0 atom stereocenters. The molecule has 0 bridgehead atoms. The second-order valence-corrected chi connectivity index (χ2v) is 9.42. The number of aromatic nitrogens is 4. The molecule has 2 aromatic heterocycles. The maximum Gasteiger partial charge on any atom is 0.151 e. The Bertz CT molecular complexity index is 1580. The molecule has 0 spiro atoms. The van der Waals surface area contributed by atoms with Crippen molar-refractivity contribution in [3.63, 3.8) is 0 Å². The molecule has 0 aliphatic heterocycles. The van der Waals surface area contributed by atoms with Crippen LogP contribution in [0.3, 0.4) is 0 Å². The van der Waals surface area contributed by atoms with Crippen molar-refractivity contribution in [2.24, 2.45) is 13.0 Å². The van der Waals surface area contributed by atoms with Crippen molar-refractivity contribution in [2.75, 3.05) is 6.61 Å². The van der Waals surface area contributed by atoms with E-state index in [-0.39, 0.29) is 0 Å². The number of aryl methyl sites for hydroxylation is 1. The number of hydrogen-bond acceptors (Lipinski definition) is 4. The van der Waals surface area contributed by atoms with Crippen molar-refractivity contribution in [3.8, 4) is 28.8 Å². The van der Waals surface area contributed by atoms with Crippen LogP contribution < -0.4 is 4.74 Å². The molecule has 6 heteroatoms. The minimum Gasteiger partial charge on any atom is -0.494 e. The number of fused-ring (bicyclic) bond motifs is 1. The van der Waals surface area contributed by atoms with E-state index in [4.69, 9.17) is 14.8 Å². The Morgan fingerprint density at radius 2 is 1.73 bits per heavy atom. The van der Waals surface area contributed by atoms with Crippen molar-refractivity contribution in [1.82, 2.24) is 19.3 Å². The van der Waals surface area contributed by atoms with Crippen LogP contribution in [0.5, 0.6) is 5.75 Å². The van der Waals surface area contributed by atoms with Crippen LogP contribution in [0.2, 0.25) is 0 Å². The molecule has 0 N–H and O–H groups in total. The fourth-order valence-electron chi connectivity index (χ4n) is 4.24. The van der Waals surface area contributed by atoms with Crippen molar-refractivity contribution in [3.05, 3.63) is 96.4 Å². The molecule has 0 saturated heterocycles. The highest BCUT2D eigenvalue weighted by atomic mass is 16.5. The molecule has 0 fully saturated rings. The lowest BCUT2D eigenvalue weighted by molar-refractivity contribution is 0.289. The first-order chi connectivity index (χ1) is 18.0. The molecular formula is C31H29N5O. The Morgan fingerprint density at radius 3 is 2.43 bits per heavy atom. The molecule has 0 unspecified atom stereocenters. The third kappa shape index (κ3) is 5.17. The topological polar surface area (TPSA) is 68.7 Å². The van der Waals surface area contributed by atoms with Gasteiger partial charge in [-0.25, -0.2) is 9.67 Å². The average Bonchev–Trinajstić information content (AvgIpc) is 3.49. The molecule has 0 radical (unpaired) electrons. The van der Waals surface area contributed by atoms with Gasteiger partial charge in [-0.3, -0.25) is 0 Å². The molecule has 0 aliphatic carbocycles. The second kappa shape index (κ2) is 10.5. The van der Waals surface area contributed by atoms with Gasteiger partial charge in [0.2, 0.25) is 0 Å². The molecule has 5 aromatic rings. The van der Waals surface area contributed by atoms with Crippen LogP contribution in [-0.2, 0) is 7.05 Å². The average molecular weight is 488 g/mol. The minimum absolute atomic E-state index is 0.473. The summed E-state index contributed by atoms with van der Waals surface area (Å²) in [5.74, 6) is 2.05. The predicted molar refractivity (Wildman–Crippen MR) is 148 cm³/mol. The van der Waals surface area contributed by atoms with Crippen LogP contribution in [0.1, 0.15) is 31.7 Å². The highest BCUT2D eigenvalue weighted by Gasteiger charge is 2.16. The van der Waals surface area contributed by atoms with E-state index in [2.05, 4.69) is 19.9 Å². The first-order valence-electron chi connectivity index (χ1n) is 12.5. The number of para-hydroxylation sites is 3. The van der Waals surface area contributed by atoms with Crippen molar-refractivity contribution in [1.29, 1.82) is 5.26 Å². The maximum absolute atomic E-state index is 10.1. The van der Waals surface area contributed by atoms with Gasteiger partial charge < -0.3 is 9.30 Å². The van der Waals surface area contributed by atoms with Crippen LogP contribution in [0.25, 0.3) is 39.6 Å². The SMILES string of the molecule is CC(C)CCOc1ccc(-c2nn(-c3ccccc3)cc2/C=C(/C#N)c2nc3ccccc3n2C)cc1. The Kier molecular flexibility index (Phi) is 6.87. The van der Waals surface area contributed by atoms with Gasteiger partial charge in [-0.1, -0.05) is 44.2 Å². The number of ether oxygens (including phenoxy) is 1. The van der Waals surface area contributed by atoms with E-state index >= 15 is 0 Å². The van der Waals surface area contributed by atoms with E-state index < -0.39 is 0 Å². The molecule has 0 amide bonds. The largest absolute Gasteiger partial charge is 0.494 e. The third-order valence-electron chi connectivity index (χ3n) is 6.30. The van der Waals surface area contributed by atoms with Gasteiger partial charge in [0.15, 0.2) is 5.82 Å². The number of allylic oxidation sites excluding steroid dienone is 1. The molecule has 3 aromatic carbocycles. The second-order valence-electron chi connectivity index (χ2n) is 9.42. The van der Waals surface area contributed by atoms with Crippen molar-refractivity contribution >= 4 is 22.7 Å². The van der Waals surface area contributed by atoms with E-state index in [0.29, 0.717) is 23.9 Å². The molecule has 184 valence electrons. The van der Waals surface area contributed by atoms with Crippen molar-refractivity contribution < 1.29 is 4.74 Å². The highest BCUT2D eigenvalue weighted by Crippen LogP contribution is 2.30. The quantitative estimate of drug-likeness (QED) is 0.223. The number of nitrogens with zero attached hydrogens (tertiary/aromatic N) is 5. The zero-order chi connectivity index (χ0) is 25.8. The number of rotatable bonds is 8. The van der Waals surface area contributed by atoms with Gasteiger partial charge >= 0.3 is 0 Å². The lowest BCUT2D eigenvalue weighted by Gasteiger charge is -2.08. The van der Waals surface area contributed by atoms with Gasteiger partial charge in [-0.05, 0) is 66.9 Å². The Labute approximate surface area is 217 Å². The Hall–Kier alpha value is -4.63. The van der Waals surface area contributed by atoms with Crippen LogP contribution >= 0.6 is 0 Å². The van der Waals surface area contributed by atoms with E-state index in [0.717, 1.165) is 45.7 Å². The van der Waals surface area contributed by atoms with Crippen LogP contribution in [0, 0.1) is 17.2 Å². The van der Waals surface area contributed by atoms with E-state index in [1.165, 1.54) is 0 Å². The summed E-state index contributed by atoms with van der Waals surface area (Å²) < 4.78 is 9.70. The first kappa shape index (κ1) is 24.1. The van der Waals surface area contributed by atoms with E-state index in [1.54, 1.807) is 0 Å². The van der Waals surface area contributed by atoms with E-state index in [9.17, 15) is 5.26 Å². The smallest absolute Gasteiger partial charge is 0.151 e. The Balaban J connectivity index is 1.56. The highest BCUT2D eigenvalue weighted by molar-refractivity contribution is 5.93. The monoisotopic (exact) mass is 487 g/mol. The van der Waals surface area contributed by atoms with Gasteiger partial charge in [-0.15, -0.1) is 0 Å². The third-order valence-corrected chi connectivity index (χ3v) is 6.30. The van der Waals surface area contributed by atoms with Crippen LogP contribution in [0.4, 0.5) is 0 Å². The fourth-order valence-corrected chi connectivity index (χ4v) is 4.24. The molecule has 5 rings (SSSR count). The number of benzene rings is 3. The molecule has 6 nitrogen and oxygen atoms in total. The van der Waals surface area contributed by atoms with Gasteiger partial charge in [0.1, 0.15) is 11.8 Å². The van der Waals surface area contributed by atoms with Crippen LogP contribution in [-0.4, -0.2) is 25.9 Å². The summed E-state index contributed by atoms with van der Waals surface area (Å²) in [6, 6.07) is 28.2. The zero-order valence-electron chi connectivity index (χ0n) is 21.3. The molecular weight excluding hydrogens is 458 g/mol. The first-order valence-corrected chi connectivity index (χ1v) is 12.5. The summed E-state index contributed by atoms with van der Waals surface area (Å²) in [6.45, 7) is 5.07. The lowest BCUT2D eigenvalue weighted by atomic mass is 10.1. The van der Waals surface area contributed by atoms with Crippen LogP contribution in [0.15, 0.2) is 85.1 Å². The number of hydrogen-bond donors (Lipinski definition) is 0. The lowest BCUT2D eigenvalue weighted by Crippen LogP contribution is -2.01. The number of nitriles is 1. The molecule has 2 heterocycles. The number of imidazole rings is 1. The summed E-state index contributed by atoms with van der Waals surface area (Å²) in [5, 5.41) is 15.0. The summed E-state index contributed by atoms with van der Waals surface area (Å²) in [7, 11) is 1.93. The summed E-state index contributed by atoms with van der Waals surface area (Å²) in [6.07, 6.45) is 4.84. The predicted octanol–water partition coefficient (Wildman–Crippen LogP) is 6.92. The van der Waals surface area contributed by atoms with Crippen molar-refractivity contribution in [2.45, 2.75) is 20.3 Å². The molecule has 37 heavy (non-hydrogen) atoms. The Morgan fingerprint density at radius 1 is 1.00 bits per heavy atom. The van der Waals surface area contributed by atoms with E-state index in [1.807, 2.05) is 107 Å². The molecule has 0 aliphatic rings. The fraction of sp³-hybridized carbons (Fsp3) is 0.194.